The van der Waals surface area contributed by atoms with Gasteiger partial charge in [-0.1, -0.05) is 37.6 Å². The number of hydrogen-bond acceptors (Lipinski definition) is 7. The molecule has 0 saturated carbocycles. The molecule has 4 aromatic heterocycles. The van der Waals surface area contributed by atoms with Crippen molar-refractivity contribution in [3.8, 4) is 17.5 Å². The van der Waals surface area contributed by atoms with E-state index in [1.807, 2.05) is 48.3 Å². The highest BCUT2D eigenvalue weighted by Gasteiger charge is 2.25. The lowest BCUT2D eigenvalue weighted by atomic mass is 10.1. The van der Waals surface area contributed by atoms with Crippen molar-refractivity contribution in [2.45, 2.75) is 26.9 Å². The normalized spacial score (nSPS) is 11.5. The van der Waals surface area contributed by atoms with Gasteiger partial charge < -0.3 is 15.0 Å². The van der Waals surface area contributed by atoms with E-state index in [1.54, 1.807) is 29.1 Å². The summed E-state index contributed by atoms with van der Waals surface area (Å²) in [5.41, 5.74) is 3.62. The van der Waals surface area contributed by atoms with Crippen LogP contribution < -0.4 is 11.0 Å². The molecule has 0 amide bonds. The quantitative estimate of drug-likeness (QED) is 0.312. The van der Waals surface area contributed by atoms with Gasteiger partial charge in [-0.2, -0.15) is 15.3 Å². The number of hydrogen-bond donors (Lipinski definition) is 2. The number of aliphatic hydroxyl groups is 1. The summed E-state index contributed by atoms with van der Waals surface area (Å²) in [5, 5.41) is 29.2. The SMILES string of the molecule is CC(C)Cn1c(=O)nc(NCCO)c2c(-c3cc(C#N)cn3C)n(Cc3ccnc4c(Cl)cccc34)nc21. The average molecular weight is 531 g/mol. The summed E-state index contributed by atoms with van der Waals surface area (Å²) in [6.45, 7) is 4.92. The van der Waals surface area contributed by atoms with Crippen LogP contribution in [0.4, 0.5) is 5.82 Å². The zero-order valence-corrected chi connectivity index (χ0v) is 22.1. The van der Waals surface area contributed by atoms with Crippen molar-refractivity contribution in [3.05, 3.63) is 69.4 Å². The zero-order valence-electron chi connectivity index (χ0n) is 21.3. The minimum absolute atomic E-state index is 0.131. The number of anilines is 1. The molecule has 1 aromatic carbocycles. The van der Waals surface area contributed by atoms with Gasteiger partial charge in [0.25, 0.3) is 0 Å². The fraction of sp³-hybridized carbons (Fsp3) is 0.296. The van der Waals surface area contributed by atoms with Crippen LogP contribution >= 0.6 is 11.6 Å². The highest BCUT2D eigenvalue weighted by molar-refractivity contribution is 6.35. The van der Waals surface area contributed by atoms with Crippen molar-refractivity contribution in [2.75, 3.05) is 18.5 Å². The molecule has 4 heterocycles. The van der Waals surface area contributed by atoms with Crippen molar-refractivity contribution >= 4 is 39.4 Å². The number of nitriles is 1. The molecule has 10 nitrogen and oxygen atoms in total. The van der Waals surface area contributed by atoms with Crippen LogP contribution in [0.15, 0.2) is 47.5 Å². The highest BCUT2D eigenvalue weighted by Crippen LogP contribution is 2.35. The minimum atomic E-state index is -0.423. The maximum atomic E-state index is 13.1. The number of aliphatic hydroxyl groups excluding tert-OH is 1. The molecule has 194 valence electrons. The van der Waals surface area contributed by atoms with E-state index in [9.17, 15) is 15.2 Å². The van der Waals surface area contributed by atoms with Crippen molar-refractivity contribution < 1.29 is 5.11 Å². The van der Waals surface area contributed by atoms with E-state index in [4.69, 9.17) is 16.7 Å². The number of aryl methyl sites for hydroxylation is 1. The first-order valence-corrected chi connectivity index (χ1v) is 12.6. The number of aromatic nitrogens is 6. The van der Waals surface area contributed by atoms with Crippen molar-refractivity contribution in [1.82, 2.24) is 28.9 Å². The number of benzene rings is 1. The first-order chi connectivity index (χ1) is 18.3. The predicted molar refractivity (Wildman–Crippen MR) is 147 cm³/mol. The first-order valence-electron chi connectivity index (χ1n) is 12.3. The van der Waals surface area contributed by atoms with Gasteiger partial charge in [0.2, 0.25) is 0 Å². The summed E-state index contributed by atoms with van der Waals surface area (Å²) >= 11 is 6.42. The van der Waals surface area contributed by atoms with Gasteiger partial charge in [-0.15, -0.1) is 0 Å². The molecular formula is C27H27ClN8O2. The van der Waals surface area contributed by atoms with Gasteiger partial charge in [-0.05, 0) is 29.7 Å². The third kappa shape index (κ3) is 4.51. The van der Waals surface area contributed by atoms with Gasteiger partial charge in [0, 0.05) is 37.9 Å². The summed E-state index contributed by atoms with van der Waals surface area (Å²) in [4.78, 5) is 21.9. The molecule has 0 aliphatic heterocycles. The second-order valence-electron chi connectivity index (χ2n) is 9.55. The Bertz CT molecular complexity index is 1760. The molecule has 5 aromatic rings. The second-order valence-corrected chi connectivity index (χ2v) is 9.95. The molecule has 0 bridgehead atoms. The number of para-hydroxylation sites is 1. The molecule has 0 aliphatic carbocycles. The second kappa shape index (κ2) is 10.3. The van der Waals surface area contributed by atoms with E-state index in [0.717, 1.165) is 16.6 Å². The van der Waals surface area contributed by atoms with E-state index < -0.39 is 5.69 Å². The maximum absolute atomic E-state index is 13.1. The topological polar surface area (TPSA) is 127 Å². The minimum Gasteiger partial charge on any atom is -0.395 e. The third-order valence-electron chi connectivity index (χ3n) is 6.33. The number of rotatable bonds is 8. The Morgan fingerprint density at radius 3 is 2.79 bits per heavy atom. The van der Waals surface area contributed by atoms with E-state index in [2.05, 4.69) is 21.4 Å². The maximum Gasteiger partial charge on any atom is 0.351 e. The number of halogens is 1. The summed E-state index contributed by atoms with van der Waals surface area (Å²) in [6, 6.07) is 11.6. The molecule has 11 heteroatoms. The lowest BCUT2D eigenvalue weighted by Crippen LogP contribution is -2.27. The van der Waals surface area contributed by atoms with Gasteiger partial charge in [-0.25, -0.2) is 4.79 Å². The molecule has 0 saturated heterocycles. The van der Waals surface area contributed by atoms with Crippen LogP contribution in [0, 0.1) is 17.2 Å². The smallest absolute Gasteiger partial charge is 0.351 e. The standard InChI is InChI=1S/C27H27ClN8O2/c1-16(2)13-35-26-22(25(31-9-10-37)32-27(35)38)24(21-11-17(12-29)14-34(21)3)36(33-26)15-18-7-8-30-23-19(18)5-4-6-20(23)28/h4-8,11,14,16,37H,9-10,13,15H2,1-3H3,(H,31,32,38). The number of fused-ring (bicyclic) bond motifs is 2. The molecular weight excluding hydrogens is 504 g/mol. The monoisotopic (exact) mass is 530 g/mol. The summed E-state index contributed by atoms with van der Waals surface area (Å²) < 4.78 is 5.28. The zero-order chi connectivity index (χ0) is 27.0. The van der Waals surface area contributed by atoms with Crippen LogP contribution in [0.3, 0.4) is 0 Å². The summed E-state index contributed by atoms with van der Waals surface area (Å²) in [6.07, 6.45) is 3.46. The van der Waals surface area contributed by atoms with Crippen LogP contribution in [0.2, 0.25) is 5.02 Å². The van der Waals surface area contributed by atoms with Crippen LogP contribution in [0.1, 0.15) is 25.0 Å². The lowest BCUT2D eigenvalue weighted by molar-refractivity contribution is 0.311. The lowest BCUT2D eigenvalue weighted by Gasteiger charge is -2.13. The highest BCUT2D eigenvalue weighted by atomic mass is 35.5. The number of nitrogens with one attached hydrogen (secondary N) is 1. The largest absolute Gasteiger partial charge is 0.395 e. The van der Waals surface area contributed by atoms with Crippen LogP contribution in [0.5, 0.6) is 0 Å². The Kier molecular flexibility index (Phi) is 6.89. The molecule has 0 fully saturated rings. The molecule has 38 heavy (non-hydrogen) atoms. The third-order valence-corrected chi connectivity index (χ3v) is 6.63. The molecule has 0 radical (unpaired) electrons. The molecule has 0 spiro atoms. The molecule has 2 N–H and O–H groups in total. The summed E-state index contributed by atoms with van der Waals surface area (Å²) in [5.74, 6) is 0.511. The van der Waals surface area contributed by atoms with Crippen molar-refractivity contribution in [3.63, 3.8) is 0 Å². The van der Waals surface area contributed by atoms with Gasteiger partial charge in [0.15, 0.2) is 5.65 Å². The molecule has 0 atom stereocenters. The van der Waals surface area contributed by atoms with E-state index >= 15 is 0 Å². The Morgan fingerprint density at radius 2 is 2.08 bits per heavy atom. The van der Waals surface area contributed by atoms with E-state index in [1.165, 1.54) is 0 Å². The first kappa shape index (κ1) is 25.4. The van der Waals surface area contributed by atoms with Gasteiger partial charge in [-0.3, -0.25) is 14.2 Å². The van der Waals surface area contributed by atoms with Crippen molar-refractivity contribution in [2.24, 2.45) is 13.0 Å². The Balaban J connectivity index is 1.84. The van der Waals surface area contributed by atoms with Gasteiger partial charge in [0.1, 0.15) is 11.9 Å². The van der Waals surface area contributed by atoms with Crippen LogP contribution in [-0.4, -0.2) is 47.1 Å². The van der Waals surface area contributed by atoms with Gasteiger partial charge >= 0.3 is 5.69 Å². The predicted octanol–water partition coefficient (Wildman–Crippen LogP) is 3.78. The fourth-order valence-electron chi connectivity index (χ4n) is 4.72. The van der Waals surface area contributed by atoms with Crippen molar-refractivity contribution in [1.29, 1.82) is 5.26 Å². The Labute approximate surface area is 223 Å². The average Bonchev–Trinajstić information content (AvgIpc) is 3.45. The number of nitrogens with zero attached hydrogens (tertiary/aromatic N) is 7. The fourth-order valence-corrected chi connectivity index (χ4v) is 4.95. The summed E-state index contributed by atoms with van der Waals surface area (Å²) in [7, 11) is 1.86. The van der Waals surface area contributed by atoms with Gasteiger partial charge in [0.05, 0.1) is 46.0 Å². The number of pyridine rings is 1. The molecule has 5 rings (SSSR count). The Hall–Kier alpha value is -4.20. The Morgan fingerprint density at radius 1 is 1.26 bits per heavy atom. The van der Waals surface area contributed by atoms with E-state index in [-0.39, 0.29) is 19.1 Å². The molecule has 0 unspecified atom stereocenters. The van der Waals surface area contributed by atoms with Crippen LogP contribution in [-0.2, 0) is 20.1 Å². The molecule has 0 aliphatic rings. The van der Waals surface area contributed by atoms with Crippen LogP contribution in [0.25, 0.3) is 33.3 Å². The van der Waals surface area contributed by atoms with E-state index in [0.29, 0.717) is 51.7 Å².